The summed E-state index contributed by atoms with van der Waals surface area (Å²) in [5.74, 6) is -1.03. The van der Waals surface area contributed by atoms with Crippen molar-refractivity contribution in [2.45, 2.75) is 44.6 Å². The standard InChI is InChI=1S/C31H39Cl2N3O6/c1-40-17-13-31(11-2-3-12-31)30(39)35-26(29(38)42-20-16-36-14-18-41-19-15-36)21-22-7-9-23(10-8-22)34-28(37)27-24(32)5-4-6-25(27)33/h4-10,26H,2-3,11-21H2,1H3,(H,34,37)(H,35,39)/t26-/m0/s1. The number of hydrogen-bond donors (Lipinski definition) is 2. The average molecular weight is 621 g/mol. The molecule has 0 bridgehead atoms. The molecule has 2 N–H and O–H groups in total. The minimum atomic E-state index is -0.857. The molecule has 1 saturated heterocycles. The normalized spacial score (nSPS) is 17.4. The van der Waals surface area contributed by atoms with Gasteiger partial charge in [-0.1, -0.05) is 54.2 Å². The molecule has 0 radical (unpaired) electrons. The van der Waals surface area contributed by atoms with E-state index in [-0.39, 0.29) is 34.5 Å². The van der Waals surface area contributed by atoms with Crippen LogP contribution in [0.25, 0.3) is 0 Å². The summed E-state index contributed by atoms with van der Waals surface area (Å²) in [7, 11) is 1.63. The van der Waals surface area contributed by atoms with Crippen LogP contribution < -0.4 is 10.6 Å². The third-order valence-corrected chi connectivity index (χ3v) is 8.64. The highest BCUT2D eigenvalue weighted by Gasteiger charge is 2.42. The molecule has 1 atom stereocenters. The van der Waals surface area contributed by atoms with Gasteiger partial charge in [-0.15, -0.1) is 0 Å². The van der Waals surface area contributed by atoms with Crippen molar-refractivity contribution in [3.05, 3.63) is 63.6 Å². The molecule has 1 heterocycles. The molecule has 11 heteroatoms. The van der Waals surface area contributed by atoms with E-state index in [1.165, 1.54) is 0 Å². The molecule has 9 nitrogen and oxygen atoms in total. The third-order valence-electron chi connectivity index (χ3n) is 8.01. The summed E-state index contributed by atoms with van der Waals surface area (Å²) in [6.45, 7) is 4.24. The first kappa shape index (κ1) is 32.2. The van der Waals surface area contributed by atoms with Crippen LogP contribution in [0.3, 0.4) is 0 Å². The molecule has 228 valence electrons. The number of ether oxygens (including phenoxy) is 3. The summed E-state index contributed by atoms with van der Waals surface area (Å²) >= 11 is 12.3. The number of esters is 1. The van der Waals surface area contributed by atoms with Crippen molar-refractivity contribution in [2.24, 2.45) is 5.41 Å². The Morgan fingerprint density at radius 1 is 1.00 bits per heavy atom. The van der Waals surface area contributed by atoms with Crippen LogP contribution in [0.5, 0.6) is 0 Å². The second kappa shape index (κ2) is 15.7. The molecule has 4 rings (SSSR count). The Morgan fingerprint density at radius 3 is 2.31 bits per heavy atom. The fourth-order valence-electron chi connectivity index (χ4n) is 5.51. The molecule has 2 fully saturated rings. The van der Waals surface area contributed by atoms with Crippen molar-refractivity contribution in [2.75, 3.05) is 58.5 Å². The maximum absolute atomic E-state index is 13.6. The van der Waals surface area contributed by atoms with Crippen LogP contribution in [0.2, 0.25) is 10.0 Å². The van der Waals surface area contributed by atoms with Crippen LogP contribution in [0.1, 0.15) is 48.0 Å². The predicted octanol–water partition coefficient (Wildman–Crippen LogP) is 4.75. The maximum atomic E-state index is 13.6. The molecule has 2 amide bonds. The fraction of sp³-hybridized carbons (Fsp3) is 0.516. The number of rotatable bonds is 13. The van der Waals surface area contributed by atoms with E-state index >= 15 is 0 Å². The van der Waals surface area contributed by atoms with E-state index in [4.69, 9.17) is 37.4 Å². The monoisotopic (exact) mass is 619 g/mol. The first-order chi connectivity index (χ1) is 20.3. The highest BCUT2D eigenvalue weighted by atomic mass is 35.5. The zero-order valence-corrected chi connectivity index (χ0v) is 25.5. The van der Waals surface area contributed by atoms with Gasteiger partial charge < -0.3 is 24.8 Å². The topological polar surface area (TPSA) is 106 Å². The molecule has 0 aromatic heterocycles. The second-order valence-corrected chi connectivity index (χ2v) is 11.6. The lowest BCUT2D eigenvalue weighted by Gasteiger charge is -2.30. The second-order valence-electron chi connectivity index (χ2n) is 10.8. The lowest BCUT2D eigenvalue weighted by molar-refractivity contribution is -0.150. The molecule has 1 saturated carbocycles. The van der Waals surface area contributed by atoms with Crippen LogP contribution in [0.15, 0.2) is 42.5 Å². The van der Waals surface area contributed by atoms with Crippen molar-refractivity contribution in [3.8, 4) is 0 Å². The highest BCUT2D eigenvalue weighted by Crippen LogP contribution is 2.41. The van der Waals surface area contributed by atoms with Crippen LogP contribution in [-0.4, -0.2) is 81.9 Å². The largest absolute Gasteiger partial charge is 0.463 e. The number of amides is 2. The van der Waals surface area contributed by atoms with Crippen molar-refractivity contribution < 1.29 is 28.6 Å². The van der Waals surface area contributed by atoms with Crippen LogP contribution >= 0.6 is 23.2 Å². The van der Waals surface area contributed by atoms with Gasteiger partial charge >= 0.3 is 5.97 Å². The summed E-state index contributed by atoms with van der Waals surface area (Å²) in [4.78, 5) is 41.9. The number of morpholine rings is 1. The smallest absolute Gasteiger partial charge is 0.329 e. The Morgan fingerprint density at radius 2 is 1.67 bits per heavy atom. The van der Waals surface area contributed by atoms with Crippen LogP contribution in [-0.2, 0) is 30.2 Å². The number of benzene rings is 2. The van der Waals surface area contributed by atoms with Gasteiger partial charge in [0.25, 0.3) is 5.91 Å². The number of anilines is 1. The number of methoxy groups -OCH3 is 1. The van der Waals surface area contributed by atoms with E-state index in [0.717, 1.165) is 44.3 Å². The van der Waals surface area contributed by atoms with Gasteiger partial charge in [0, 0.05) is 45.5 Å². The van der Waals surface area contributed by atoms with E-state index in [2.05, 4.69) is 15.5 Å². The van der Waals surface area contributed by atoms with Gasteiger partial charge in [0.15, 0.2) is 0 Å². The van der Waals surface area contributed by atoms with Crippen molar-refractivity contribution >= 4 is 46.7 Å². The van der Waals surface area contributed by atoms with E-state index < -0.39 is 23.3 Å². The summed E-state index contributed by atoms with van der Waals surface area (Å²) in [5.41, 5.74) is 0.993. The van der Waals surface area contributed by atoms with E-state index in [9.17, 15) is 14.4 Å². The van der Waals surface area contributed by atoms with Gasteiger partial charge in [-0.2, -0.15) is 0 Å². The van der Waals surface area contributed by atoms with Gasteiger partial charge in [-0.05, 0) is 49.1 Å². The molecule has 2 aliphatic rings. The quantitative estimate of drug-likeness (QED) is 0.312. The third kappa shape index (κ3) is 8.67. The molecule has 1 aliphatic carbocycles. The van der Waals surface area contributed by atoms with Gasteiger partial charge in [0.2, 0.25) is 5.91 Å². The van der Waals surface area contributed by atoms with Crippen molar-refractivity contribution in [1.29, 1.82) is 0 Å². The Balaban J connectivity index is 1.43. The van der Waals surface area contributed by atoms with Gasteiger partial charge in [0.05, 0.1) is 34.2 Å². The molecule has 42 heavy (non-hydrogen) atoms. The summed E-state index contributed by atoms with van der Waals surface area (Å²) in [6, 6.07) is 11.1. The number of carbonyl (C=O) groups is 3. The summed E-state index contributed by atoms with van der Waals surface area (Å²) in [5, 5.41) is 6.34. The molecule has 2 aromatic carbocycles. The minimum Gasteiger partial charge on any atom is -0.463 e. The van der Waals surface area contributed by atoms with Gasteiger partial charge in [0.1, 0.15) is 12.6 Å². The molecular weight excluding hydrogens is 581 g/mol. The molecular formula is C31H39Cl2N3O6. The first-order valence-electron chi connectivity index (χ1n) is 14.4. The molecule has 0 unspecified atom stereocenters. The van der Waals surface area contributed by atoms with E-state index in [1.54, 1.807) is 49.6 Å². The lowest BCUT2D eigenvalue weighted by atomic mass is 9.81. The number of nitrogens with zero attached hydrogens (tertiary/aromatic N) is 1. The first-order valence-corrected chi connectivity index (χ1v) is 15.2. The maximum Gasteiger partial charge on any atom is 0.329 e. The Hall–Kier alpha value is -2.69. The number of halogens is 2. The summed E-state index contributed by atoms with van der Waals surface area (Å²) in [6.07, 6.45) is 4.33. The van der Waals surface area contributed by atoms with Gasteiger partial charge in [-0.25, -0.2) is 4.79 Å². The number of hydrogen-bond acceptors (Lipinski definition) is 7. The Labute approximate surface area is 257 Å². The molecule has 1 aliphatic heterocycles. The zero-order valence-electron chi connectivity index (χ0n) is 24.0. The van der Waals surface area contributed by atoms with Crippen LogP contribution in [0, 0.1) is 5.41 Å². The SMILES string of the molecule is COCCC1(C(=O)N[C@@H](Cc2ccc(NC(=O)c3c(Cl)cccc3Cl)cc2)C(=O)OCCN2CCOCC2)CCCC1. The number of carbonyl (C=O) groups excluding carboxylic acids is 3. The Kier molecular flexibility index (Phi) is 12.0. The van der Waals surface area contributed by atoms with Crippen molar-refractivity contribution in [3.63, 3.8) is 0 Å². The highest BCUT2D eigenvalue weighted by molar-refractivity contribution is 6.40. The predicted molar refractivity (Wildman–Crippen MR) is 162 cm³/mol. The average Bonchev–Trinajstić information content (AvgIpc) is 3.47. The van der Waals surface area contributed by atoms with E-state index in [1.807, 2.05) is 0 Å². The minimum absolute atomic E-state index is 0.132. The van der Waals surface area contributed by atoms with Crippen molar-refractivity contribution in [1.82, 2.24) is 10.2 Å². The Bertz CT molecular complexity index is 1190. The van der Waals surface area contributed by atoms with E-state index in [0.29, 0.717) is 38.5 Å². The van der Waals surface area contributed by atoms with Gasteiger partial charge in [-0.3, -0.25) is 14.5 Å². The molecule has 0 spiro atoms. The lowest BCUT2D eigenvalue weighted by Crippen LogP contribution is -2.50. The fourth-order valence-corrected chi connectivity index (χ4v) is 6.08. The summed E-state index contributed by atoms with van der Waals surface area (Å²) < 4.78 is 16.3. The molecule has 2 aromatic rings. The zero-order chi connectivity index (χ0) is 30.0. The van der Waals surface area contributed by atoms with Crippen LogP contribution in [0.4, 0.5) is 5.69 Å². The number of nitrogens with one attached hydrogen (secondary N) is 2.